The van der Waals surface area contributed by atoms with Crippen molar-refractivity contribution in [3.05, 3.63) is 30.3 Å². The number of anilines is 3. The van der Waals surface area contributed by atoms with Crippen molar-refractivity contribution in [1.29, 1.82) is 0 Å². The number of nitrogens with zero attached hydrogens (tertiary/aromatic N) is 3. The number of para-hydroxylation sites is 1. The monoisotopic (exact) mass is 246 g/mol. The van der Waals surface area contributed by atoms with E-state index >= 15 is 0 Å². The number of nitrogens with one attached hydrogen (secondary N) is 2. The highest BCUT2D eigenvalue weighted by atomic mass is 15.3. The summed E-state index contributed by atoms with van der Waals surface area (Å²) in [7, 11) is 2.08. The van der Waals surface area contributed by atoms with Gasteiger partial charge in [-0.25, -0.2) is 5.10 Å². The third-order valence-corrected chi connectivity index (χ3v) is 2.65. The van der Waals surface area contributed by atoms with Crippen LogP contribution in [0.2, 0.25) is 0 Å². The third kappa shape index (κ3) is 3.38. The lowest BCUT2D eigenvalue weighted by molar-refractivity contribution is 0.811. The third-order valence-electron chi connectivity index (χ3n) is 2.65. The molecule has 1 aromatic heterocycles. The molecule has 1 aromatic carbocycles. The Morgan fingerprint density at radius 1 is 1.33 bits per heavy atom. The molecule has 0 bridgehead atoms. The Labute approximate surface area is 106 Å². The first kappa shape index (κ1) is 12.2. The van der Waals surface area contributed by atoms with Crippen LogP contribution in [0.1, 0.15) is 6.42 Å². The molecule has 0 amide bonds. The molecular weight excluding hydrogens is 228 g/mol. The van der Waals surface area contributed by atoms with Gasteiger partial charge < -0.3 is 16.0 Å². The maximum Gasteiger partial charge on any atom is 0.243 e. The summed E-state index contributed by atoms with van der Waals surface area (Å²) >= 11 is 0. The van der Waals surface area contributed by atoms with Gasteiger partial charge in [-0.05, 0) is 18.6 Å². The lowest BCUT2D eigenvalue weighted by atomic mass is 10.3. The standard InChI is InChI=1S/C12H18N6/c1-18(10-6-3-2-4-7-10)9-5-8-14-12-15-11(13)16-17-12/h2-4,6-7H,5,8-9H2,1H3,(H4,13,14,15,16,17). The zero-order valence-electron chi connectivity index (χ0n) is 10.4. The van der Waals surface area contributed by atoms with Gasteiger partial charge in [0.2, 0.25) is 11.9 Å². The van der Waals surface area contributed by atoms with Gasteiger partial charge in [-0.1, -0.05) is 18.2 Å². The molecule has 0 saturated heterocycles. The molecule has 0 atom stereocenters. The Balaban J connectivity index is 1.69. The molecule has 0 spiro atoms. The van der Waals surface area contributed by atoms with Crippen LogP contribution in [0.3, 0.4) is 0 Å². The van der Waals surface area contributed by atoms with Gasteiger partial charge >= 0.3 is 0 Å². The molecule has 6 heteroatoms. The van der Waals surface area contributed by atoms with Crippen molar-refractivity contribution in [1.82, 2.24) is 15.2 Å². The van der Waals surface area contributed by atoms with Gasteiger partial charge in [-0.15, -0.1) is 5.10 Å². The van der Waals surface area contributed by atoms with Gasteiger partial charge in [-0.2, -0.15) is 4.98 Å². The molecule has 0 saturated carbocycles. The second-order valence-electron chi connectivity index (χ2n) is 4.08. The Morgan fingerprint density at radius 3 is 2.78 bits per heavy atom. The molecule has 0 aliphatic carbocycles. The summed E-state index contributed by atoms with van der Waals surface area (Å²) in [5.74, 6) is 0.883. The van der Waals surface area contributed by atoms with Crippen molar-refractivity contribution >= 4 is 17.6 Å². The predicted octanol–water partition coefficient (Wildman–Crippen LogP) is 1.33. The SMILES string of the molecule is CN(CCCNc1n[nH]c(N)n1)c1ccccc1. The summed E-state index contributed by atoms with van der Waals surface area (Å²) < 4.78 is 0. The van der Waals surface area contributed by atoms with Crippen LogP contribution < -0.4 is 16.0 Å². The van der Waals surface area contributed by atoms with Gasteiger partial charge in [-0.3, -0.25) is 0 Å². The summed E-state index contributed by atoms with van der Waals surface area (Å²) in [6, 6.07) is 10.3. The second-order valence-corrected chi connectivity index (χ2v) is 4.08. The van der Waals surface area contributed by atoms with Gasteiger partial charge in [0.25, 0.3) is 0 Å². The van der Waals surface area contributed by atoms with Crippen LogP contribution in [0.5, 0.6) is 0 Å². The quantitative estimate of drug-likeness (QED) is 0.670. The lowest BCUT2D eigenvalue weighted by Crippen LogP contribution is -2.20. The van der Waals surface area contributed by atoms with E-state index in [1.807, 2.05) is 18.2 Å². The largest absolute Gasteiger partial charge is 0.375 e. The zero-order valence-corrected chi connectivity index (χ0v) is 10.4. The number of H-pyrrole nitrogens is 1. The molecule has 18 heavy (non-hydrogen) atoms. The molecule has 0 radical (unpaired) electrons. The van der Waals surface area contributed by atoms with Crippen molar-refractivity contribution in [2.24, 2.45) is 0 Å². The van der Waals surface area contributed by atoms with Crippen LogP contribution >= 0.6 is 0 Å². The van der Waals surface area contributed by atoms with Gasteiger partial charge in [0, 0.05) is 25.8 Å². The molecule has 0 unspecified atom stereocenters. The fraction of sp³-hybridized carbons (Fsp3) is 0.333. The normalized spacial score (nSPS) is 10.3. The first-order valence-electron chi connectivity index (χ1n) is 5.93. The number of benzene rings is 1. The smallest absolute Gasteiger partial charge is 0.243 e. The van der Waals surface area contributed by atoms with Crippen LogP contribution in [0.15, 0.2) is 30.3 Å². The van der Waals surface area contributed by atoms with Crippen molar-refractivity contribution in [3.63, 3.8) is 0 Å². The topological polar surface area (TPSA) is 82.9 Å². The van der Waals surface area contributed by atoms with Gasteiger partial charge in [0.1, 0.15) is 0 Å². The number of nitrogen functional groups attached to an aromatic ring is 1. The van der Waals surface area contributed by atoms with E-state index in [0.717, 1.165) is 19.5 Å². The summed E-state index contributed by atoms with van der Waals surface area (Å²) in [4.78, 5) is 6.19. The average molecular weight is 246 g/mol. The predicted molar refractivity (Wildman–Crippen MR) is 73.6 cm³/mol. The minimum absolute atomic E-state index is 0.332. The molecule has 0 aliphatic rings. The number of hydrogen-bond acceptors (Lipinski definition) is 5. The van der Waals surface area contributed by atoms with E-state index in [4.69, 9.17) is 5.73 Å². The van der Waals surface area contributed by atoms with Gasteiger partial charge in [0.05, 0.1) is 0 Å². The molecule has 96 valence electrons. The Bertz CT molecular complexity index is 466. The van der Waals surface area contributed by atoms with E-state index < -0.39 is 0 Å². The summed E-state index contributed by atoms with van der Waals surface area (Å²) in [5, 5.41) is 9.60. The van der Waals surface area contributed by atoms with Crippen LogP contribution in [0, 0.1) is 0 Å². The molecule has 4 N–H and O–H groups in total. The second kappa shape index (κ2) is 5.90. The van der Waals surface area contributed by atoms with E-state index in [2.05, 4.69) is 44.6 Å². The maximum absolute atomic E-state index is 5.43. The van der Waals surface area contributed by atoms with E-state index in [9.17, 15) is 0 Å². The van der Waals surface area contributed by atoms with Crippen LogP contribution in [0.25, 0.3) is 0 Å². The number of aromatic nitrogens is 3. The minimum atomic E-state index is 0.332. The summed E-state index contributed by atoms with van der Waals surface area (Å²) in [6.07, 6.45) is 1.000. The van der Waals surface area contributed by atoms with Crippen LogP contribution in [-0.2, 0) is 0 Å². The van der Waals surface area contributed by atoms with Crippen molar-refractivity contribution < 1.29 is 0 Å². The number of hydrogen-bond donors (Lipinski definition) is 3. The maximum atomic E-state index is 5.43. The summed E-state index contributed by atoms with van der Waals surface area (Å²) in [6.45, 7) is 1.78. The molecule has 0 aliphatic heterocycles. The van der Waals surface area contributed by atoms with Crippen LogP contribution in [-0.4, -0.2) is 35.3 Å². The van der Waals surface area contributed by atoms with E-state index in [1.54, 1.807) is 0 Å². The number of aromatic amines is 1. The Kier molecular flexibility index (Phi) is 4.01. The fourth-order valence-electron chi connectivity index (χ4n) is 1.68. The molecular formula is C12H18N6. The molecule has 1 heterocycles. The van der Waals surface area contributed by atoms with E-state index in [-0.39, 0.29) is 0 Å². The van der Waals surface area contributed by atoms with Gasteiger partial charge in [0.15, 0.2) is 0 Å². The highest BCUT2D eigenvalue weighted by molar-refractivity contribution is 5.44. The van der Waals surface area contributed by atoms with Crippen molar-refractivity contribution in [2.75, 3.05) is 36.1 Å². The number of nitrogens with two attached hydrogens (primary N) is 1. The minimum Gasteiger partial charge on any atom is -0.375 e. The lowest BCUT2D eigenvalue weighted by Gasteiger charge is -2.18. The average Bonchev–Trinajstić information content (AvgIpc) is 2.81. The molecule has 2 aromatic rings. The highest BCUT2D eigenvalue weighted by Gasteiger charge is 2.01. The van der Waals surface area contributed by atoms with Crippen LogP contribution in [0.4, 0.5) is 17.6 Å². The van der Waals surface area contributed by atoms with Crippen molar-refractivity contribution in [2.45, 2.75) is 6.42 Å². The first-order chi connectivity index (χ1) is 8.75. The first-order valence-corrected chi connectivity index (χ1v) is 5.93. The summed E-state index contributed by atoms with van der Waals surface area (Å²) in [5.41, 5.74) is 6.65. The Hall–Kier alpha value is -2.24. The highest BCUT2D eigenvalue weighted by Crippen LogP contribution is 2.10. The zero-order chi connectivity index (χ0) is 12.8. The Morgan fingerprint density at radius 2 is 2.11 bits per heavy atom. The molecule has 6 nitrogen and oxygen atoms in total. The molecule has 0 fully saturated rings. The van der Waals surface area contributed by atoms with Crippen molar-refractivity contribution in [3.8, 4) is 0 Å². The molecule has 2 rings (SSSR count). The van der Waals surface area contributed by atoms with E-state index in [1.165, 1.54) is 5.69 Å². The van der Waals surface area contributed by atoms with E-state index in [0.29, 0.717) is 11.9 Å². The fourth-order valence-corrected chi connectivity index (χ4v) is 1.68. The number of rotatable bonds is 6.